The number of aromatic nitrogens is 1. The average molecular weight is 353 g/mol. The van der Waals surface area contributed by atoms with E-state index in [-0.39, 0.29) is 5.75 Å². The third-order valence-electron chi connectivity index (χ3n) is 2.94. The number of nitrogens with one attached hydrogen (secondary N) is 1. The van der Waals surface area contributed by atoms with Gasteiger partial charge in [-0.15, -0.1) is 0 Å². The molecular weight excluding hydrogens is 335 g/mol. The summed E-state index contributed by atoms with van der Waals surface area (Å²) in [6.45, 7) is 5.55. The smallest absolute Gasteiger partial charge is 0.166 e. The molecule has 2 rings (SSSR count). The fourth-order valence-corrected chi connectivity index (χ4v) is 2.20. The Bertz CT molecular complexity index is 619. The zero-order chi connectivity index (χ0) is 15.2. The van der Waals surface area contributed by atoms with Crippen LogP contribution in [0.25, 0.3) is 0 Å². The average Bonchev–Trinajstić information content (AvgIpc) is 2.44. The summed E-state index contributed by atoms with van der Waals surface area (Å²) >= 11 is 3.23. The van der Waals surface area contributed by atoms with Gasteiger partial charge in [0.15, 0.2) is 11.6 Å². The Hall–Kier alpha value is -1.46. The minimum absolute atomic E-state index is 0.209. The number of pyridine rings is 1. The highest BCUT2D eigenvalue weighted by Gasteiger charge is 2.10. The number of hydrogen-bond donors (Lipinski definition) is 1. The summed E-state index contributed by atoms with van der Waals surface area (Å²) in [6.07, 6.45) is 2.82. The second kappa shape index (κ2) is 7.52. The van der Waals surface area contributed by atoms with Gasteiger partial charge in [-0.2, -0.15) is 0 Å². The van der Waals surface area contributed by atoms with E-state index < -0.39 is 5.82 Å². The summed E-state index contributed by atoms with van der Waals surface area (Å²) in [5, 5.41) is 3.30. The number of ether oxygens (including phenoxy) is 1. The summed E-state index contributed by atoms with van der Waals surface area (Å²) in [4.78, 5) is 4.28. The van der Waals surface area contributed by atoms with E-state index in [0.717, 1.165) is 24.2 Å². The summed E-state index contributed by atoms with van der Waals surface area (Å²) in [6, 6.07) is 6.57. The first kappa shape index (κ1) is 15.9. The van der Waals surface area contributed by atoms with E-state index in [0.29, 0.717) is 16.8 Å². The van der Waals surface area contributed by atoms with E-state index in [1.165, 1.54) is 6.07 Å². The zero-order valence-electron chi connectivity index (χ0n) is 12.1. The van der Waals surface area contributed by atoms with Crippen molar-refractivity contribution < 1.29 is 9.13 Å². The van der Waals surface area contributed by atoms with Crippen LogP contribution in [0.3, 0.4) is 0 Å². The lowest BCUT2D eigenvalue weighted by molar-refractivity contribution is 0.434. The van der Waals surface area contributed by atoms with Crippen LogP contribution in [0, 0.1) is 12.7 Å². The van der Waals surface area contributed by atoms with Gasteiger partial charge in [-0.3, -0.25) is 4.98 Å². The molecule has 0 unspecified atom stereocenters. The van der Waals surface area contributed by atoms with Crippen LogP contribution in [0.1, 0.15) is 24.6 Å². The fraction of sp³-hybridized carbons (Fsp3) is 0.312. The van der Waals surface area contributed by atoms with E-state index >= 15 is 0 Å². The van der Waals surface area contributed by atoms with Crippen molar-refractivity contribution in [3.05, 3.63) is 52.0 Å². The molecule has 0 spiro atoms. The van der Waals surface area contributed by atoms with Gasteiger partial charge >= 0.3 is 0 Å². The normalized spacial score (nSPS) is 10.7. The van der Waals surface area contributed by atoms with Crippen molar-refractivity contribution in [2.45, 2.75) is 26.8 Å². The predicted octanol–water partition coefficient (Wildman–Crippen LogP) is 4.58. The van der Waals surface area contributed by atoms with Gasteiger partial charge in [-0.25, -0.2) is 4.39 Å². The second-order valence-corrected chi connectivity index (χ2v) is 5.70. The van der Waals surface area contributed by atoms with Gasteiger partial charge in [0.25, 0.3) is 0 Å². The van der Waals surface area contributed by atoms with E-state index in [9.17, 15) is 4.39 Å². The van der Waals surface area contributed by atoms with E-state index in [1.54, 1.807) is 18.3 Å². The van der Waals surface area contributed by atoms with E-state index in [4.69, 9.17) is 4.74 Å². The number of halogens is 2. The van der Waals surface area contributed by atoms with Crippen molar-refractivity contribution in [2.24, 2.45) is 0 Å². The third-order valence-corrected chi connectivity index (χ3v) is 3.43. The van der Waals surface area contributed by atoms with Crippen molar-refractivity contribution in [1.82, 2.24) is 10.3 Å². The van der Waals surface area contributed by atoms with Crippen molar-refractivity contribution in [3.63, 3.8) is 0 Å². The summed E-state index contributed by atoms with van der Waals surface area (Å²) in [5.41, 5.74) is 1.75. The van der Waals surface area contributed by atoms with E-state index in [1.807, 2.05) is 13.0 Å². The molecule has 112 valence electrons. The van der Waals surface area contributed by atoms with Crippen molar-refractivity contribution in [2.75, 3.05) is 6.54 Å². The maximum atomic E-state index is 13.9. The van der Waals surface area contributed by atoms with Crippen molar-refractivity contribution in [3.8, 4) is 11.5 Å². The van der Waals surface area contributed by atoms with Crippen molar-refractivity contribution >= 4 is 15.9 Å². The lowest BCUT2D eigenvalue weighted by Crippen LogP contribution is -2.14. The van der Waals surface area contributed by atoms with Crippen molar-refractivity contribution in [1.29, 1.82) is 0 Å². The Morgan fingerprint density at radius 3 is 2.81 bits per heavy atom. The third kappa shape index (κ3) is 4.51. The summed E-state index contributed by atoms with van der Waals surface area (Å²) < 4.78 is 20.3. The molecule has 0 aliphatic rings. The Labute approximate surface area is 132 Å². The minimum Gasteiger partial charge on any atom is -0.454 e. The van der Waals surface area contributed by atoms with Crippen LogP contribution in [0.15, 0.2) is 34.9 Å². The lowest BCUT2D eigenvalue weighted by Gasteiger charge is -2.13. The first-order chi connectivity index (χ1) is 10.1. The molecule has 0 aliphatic heterocycles. The molecule has 0 saturated carbocycles. The summed E-state index contributed by atoms with van der Waals surface area (Å²) in [5.74, 6) is 0.444. The van der Waals surface area contributed by atoms with Crippen LogP contribution >= 0.6 is 15.9 Å². The Balaban J connectivity index is 2.22. The monoisotopic (exact) mass is 352 g/mol. The molecule has 3 nitrogen and oxygen atoms in total. The molecule has 0 saturated heterocycles. The molecule has 0 radical (unpaired) electrons. The highest BCUT2D eigenvalue weighted by Crippen LogP contribution is 2.29. The molecule has 21 heavy (non-hydrogen) atoms. The molecular formula is C16H18BrFN2O. The van der Waals surface area contributed by atoms with Gasteiger partial charge in [-0.05, 0) is 38.1 Å². The van der Waals surface area contributed by atoms with Gasteiger partial charge in [0, 0.05) is 34.5 Å². The number of benzene rings is 1. The van der Waals surface area contributed by atoms with Crippen LogP contribution in [0.5, 0.6) is 11.5 Å². The molecule has 5 heteroatoms. The zero-order valence-corrected chi connectivity index (χ0v) is 13.7. The van der Waals surface area contributed by atoms with Gasteiger partial charge in [0.2, 0.25) is 0 Å². The molecule has 1 N–H and O–H groups in total. The molecule has 0 aliphatic carbocycles. The topological polar surface area (TPSA) is 34.2 Å². The number of nitrogens with zero attached hydrogens (tertiary/aromatic N) is 1. The Kier molecular flexibility index (Phi) is 5.70. The SMILES string of the molecule is CCCNCc1cnc(C)cc1Oc1ccc(Br)cc1F. The highest BCUT2D eigenvalue weighted by atomic mass is 79.9. The highest BCUT2D eigenvalue weighted by molar-refractivity contribution is 9.10. The number of rotatable bonds is 6. The first-order valence-electron chi connectivity index (χ1n) is 6.89. The molecule has 1 aromatic heterocycles. The Morgan fingerprint density at radius 1 is 1.29 bits per heavy atom. The maximum Gasteiger partial charge on any atom is 0.166 e. The van der Waals surface area contributed by atoms with Gasteiger partial charge < -0.3 is 10.1 Å². The van der Waals surface area contributed by atoms with Crippen LogP contribution in [-0.4, -0.2) is 11.5 Å². The van der Waals surface area contributed by atoms with Gasteiger partial charge in [0.1, 0.15) is 5.75 Å². The second-order valence-electron chi connectivity index (χ2n) is 4.79. The largest absolute Gasteiger partial charge is 0.454 e. The standard InChI is InChI=1S/C16H18BrFN2O/c1-3-6-19-9-12-10-20-11(2)7-16(12)21-15-5-4-13(17)8-14(15)18/h4-5,7-8,10,19H,3,6,9H2,1-2H3. The minimum atomic E-state index is -0.397. The summed E-state index contributed by atoms with van der Waals surface area (Å²) in [7, 11) is 0. The predicted molar refractivity (Wildman–Crippen MR) is 85.1 cm³/mol. The van der Waals surface area contributed by atoms with Gasteiger partial charge in [0.05, 0.1) is 0 Å². The van der Waals surface area contributed by atoms with Crippen LogP contribution in [0.4, 0.5) is 4.39 Å². The molecule has 1 aromatic carbocycles. The van der Waals surface area contributed by atoms with Gasteiger partial charge in [-0.1, -0.05) is 22.9 Å². The van der Waals surface area contributed by atoms with Crippen LogP contribution < -0.4 is 10.1 Å². The molecule has 0 bridgehead atoms. The molecule has 0 atom stereocenters. The Morgan fingerprint density at radius 2 is 2.10 bits per heavy atom. The van der Waals surface area contributed by atoms with E-state index in [2.05, 4.69) is 33.2 Å². The molecule has 0 amide bonds. The molecule has 2 aromatic rings. The number of hydrogen-bond acceptors (Lipinski definition) is 3. The van der Waals surface area contributed by atoms with Crippen LogP contribution in [0.2, 0.25) is 0 Å². The maximum absolute atomic E-state index is 13.9. The fourth-order valence-electron chi connectivity index (χ4n) is 1.87. The molecule has 1 heterocycles. The molecule has 0 fully saturated rings. The van der Waals surface area contributed by atoms with Crippen LogP contribution in [-0.2, 0) is 6.54 Å². The quantitative estimate of drug-likeness (QED) is 0.772. The number of aryl methyl sites for hydroxylation is 1. The first-order valence-corrected chi connectivity index (χ1v) is 7.68. The lowest BCUT2D eigenvalue weighted by atomic mass is 10.2.